The van der Waals surface area contributed by atoms with Gasteiger partial charge in [0.05, 0.1) is 0 Å². The van der Waals surface area contributed by atoms with Crippen molar-refractivity contribution < 1.29 is 15.0 Å². The van der Waals surface area contributed by atoms with Gasteiger partial charge < -0.3 is 10.2 Å². The van der Waals surface area contributed by atoms with Crippen LogP contribution in [0.25, 0.3) is 0 Å². The van der Waals surface area contributed by atoms with Gasteiger partial charge in [-0.15, -0.1) is 0 Å². The highest BCUT2D eigenvalue weighted by Gasteiger charge is 2.39. The second-order valence-corrected chi connectivity index (χ2v) is 5.25. The molecule has 0 spiro atoms. The van der Waals surface area contributed by atoms with Crippen molar-refractivity contribution >= 4 is 5.97 Å². The first-order valence-electron chi connectivity index (χ1n) is 6.47. The lowest BCUT2D eigenvalue weighted by molar-refractivity contribution is -0.141. The van der Waals surface area contributed by atoms with Gasteiger partial charge in [-0.1, -0.05) is 30.3 Å². The molecule has 1 unspecified atom stereocenters. The summed E-state index contributed by atoms with van der Waals surface area (Å²) >= 11 is 0. The molecule has 20 heavy (non-hydrogen) atoms. The number of rotatable bonds is 3. The Morgan fingerprint density at radius 1 is 1.05 bits per heavy atom. The molecule has 0 aromatic heterocycles. The molecular formula is C17H18O3. The summed E-state index contributed by atoms with van der Waals surface area (Å²) < 4.78 is 0. The van der Waals surface area contributed by atoms with E-state index < -0.39 is 11.4 Å². The fourth-order valence-corrected chi connectivity index (χ4v) is 2.88. The summed E-state index contributed by atoms with van der Waals surface area (Å²) in [5.74, 6) is -0.745. The number of hydrogen-bond acceptors (Lipinski definition) is 2. The highest BCUT2D eigenvalue weighted by atomic mass is 16.4. The average molecular weight is 270 g/mol. The van der Waals surface area contributed by atoms with Crippen molar-refractivity contribution in [2.24, 2.45) is 0 Å². The van der Waals surface area contributed by atoms with E-state index in [1.807, 2.05) is 44.2 Å². The van der Waals surface area contributed by atoms with Crippen LogP contribution in [0.5, 0.6) is 5.75 Å². The van der Waals surface area contributed by atoms with Crippen molar-refractivity contribution in [3.8, 4) is 5.75 Å². The molecule has 0 bridgehead atoms. The molecule has 104 valence electrons. The zero-order valence-electron chi connectivity index (χ0n) is 11.8. The molecule has 0 fully saturated rings. The first-order chi connectivity index (χ1) is 9.37. The Morgan fingerprint density at radius 3 is 2.00 bits per heavy atom. The highest BCUT2D eigenvalue weighted by molar-refractivity contribution is 5.86. The summed E-state index contributed by atoms with van der Waals surface area (Å²) in [6.45, 7) is 5.36. The van der Waals surface area contributed by atoms with Gasteiger partial charge in [0.15, 0.2) is 0 Å². The number of phenolic OH excluding ortho intramolecular Hbond substituents is 1. The van der Waals surface area contributed by atoms with E-state index in [2.05, 4.69) is 0 Å². The van der Waals surface area contributed by atoms with Crippen LogP contribution in [-0.4, -0.2) is 16.2 Å². The predicted octanol–water partition coefficient (Wildman–Crippen LogP) is 3.40. The van der Waals surface area contributed by atoms with E-state index in [1.54, 1.807) is 19.1 Å². The van der Waals surface area contributed by atoms with E-state index in [-0.39, 0.29) is 5.75 Å². The molecule has 0 radical (unpaired) electrons. The van der Waals surface area contributed by atoms with E-state index in [1.165, 1.54) is 0 Å². The molecular weight excluding hydrogens is 252 g/mol. The van der Waals surface area contributed by atoms with Gasteiger partial charge in [-0.2, -0.15) is 0 Å². The quantitative estimate of drug-likeness (QED) is 0.898. The maximum atomic E-state index is 11.9. The van der Waals surface area contributed by atoms with Crippen LogP contribution in [0.4, 0.5) is 0 Å². The lowest BCUT2D eigenvalue weighted by atomic mass is 9.72. The Bertz CT molecular complexity index is 624. The van der Waals surface area contributed by atoms with E-state index in [0.717, 1.165) is 22.3 Å². The number of aromatic hydroxyl groups is 1. The van der Waals surface area contributed by atoms with Crippen molar-refractivity contribution in [2.45, 2.75) is 26.2 Å². The van der Waals surface area contributed by atoms with Gasteiger partial charge >= 0.3 is 5.97 Å². The number of aliphatic carboxylic acids is 1. The number of carboxylic acid groups (broad SMARTS) is 1. The van der Waals surface area contributed by atoms with Crippen molar-refractivity contribution in [3.05, 3.63) is 64.7 Å². The molecule has 3 nitrogen and oxygen atoms in total. The minimum absolute atomic E-state index is 0.157. The second kappa shape index (κ2) is 5.00. The smallest absolute Gasteiger partial charge is 0.318 e. The van der Waals surface area contributed by atoms with Gasteiger partial charge in [0.1, 0.15) is 11.2 Å². The minimum atomic E-state index is -1.14. The highest BCUT2D eigenvalue weighted by Crippen LogP contribution is 2.37. The molecule has 2 rings (SSSR count). The molecule has 0 saturated heterocycles. The minimum Gasteiger partial charge on any atom is -0.508 e. The monoisotopic (exact) mass is 270 g/mol. The molecule has 3 heteroatoms. The van der Waals surface area contributed by atoms with Gasteiger partial charge in [0.2, 0.25) is 0 Å². The van der Waals surface area contributed by atoms with Crippen molar-refractivity contribution in [1.29, 1.82) is 0 Å². The number of aryl methyl sites for hydroxylation is 2. The van der Waals surface area contributed by atoms with Crippen LogP contribution < -0.4 is 0 Å². The first kappa shape index (κ1) is 14.1. The van der Waals surface area contributed by atoms with Crippen LogP contribution in [0.15, 0.2) is 42.5 Å². The Kier molecular flexibility index (Phi) is 3.53. The molecule has 1 atom stereocenters. The van der Waals surface area contributed by atoms with Crippen LogP contribution in [0.1, 0.15) is 29.2 Å². The molecule has 0 aliphatic rings. The summed E-state index contributed by atoms with van der Waals surface area (Å²) in [4.78, 5) is 11.9. The molecule has 0 aliphatic carbocycles. The summed E-state index contributed by atoms with van der Waals surface area (Å²) in [6, 6.07) is 12.4. The number of benzene rings is 2. The first-order valence-corrected chi connectivity index (χ1v) is 6.47. The molecule has 0 aliphatic heterocycles. The van der Waals surface area contributed by atoms with Gasteiger partial charge in [0.25, 0.3) is 0 Å². The van der Waals surface area contributed by atoms with Crippen molar-refractivity contribution in [3.63, 3.8) is 0 Å². The van der Waals surface area contributed by atoms with Crippen molar-refractivity contribution in [1.82, 2.24) is 0 Å². The number of hydrogen-bond donors (Lipinski definition) is 2. The third kappa shape index (κ3) is 2.16. The summed E-state index contributed by atoms with van der Waals surface area (Å²) in [7, 11) is 0. The average Bonchev–Trinajstić information content (AvgIpc) is 2.38. The van der Waals surface area contributed by atoms with Crippen molar-refractivity contribution in [2.75, 3.05) is 0 Å². The standard InChI is InChI=1S/C17H18O3/c1-11-9-14(18)10-12(2)15(11)17(3,16(19)20)13-7-5-4-6-8-13/h4-10,18H,1-3H3,(H,19,20). The Labute approximate surface area is 118 Å². The van der Waals surface area contributed by atoms with Gasteiger partial charge in [-0.05, 0) is 55.2 Å². The van der Waals surface area contributed by atoms with Crippen LogP contribution in [0.3, 0.4) is 0 Å². The lowest BCUT2D eigenvalue weighted by Crippen LogP contribution is -2.35. The predicted molar refractivity (Wildman–Crippen MR) is 78.1 cm³/mol. The van der Waals surface area contributed by atoms with E-state index >= 15 is 0 Å². The maximum absolute atomic E-state index is 11.9. The summed E-state index contributed by atoms with van der Waals surface area (Å²) in [5.41, 5.74) is 1.87. The van der Waals surface area contributed by atoms with E-state index in [0.29, 0.717) is 0 Å². The summed E-state index contributed by atoms with van der Waals surface area (Å²) in [5, 5.41) is 19.4. The van der Waals surface area contributed by atoms with Crippen LogP contribution in [0.2, 0.25) is 0 Å². The number of carboxylic acids is 1. The molecule has 0 saturated carbocycles. The van der Waals surface area contributed by atoms with Crippen LogP contribution in [0, 0.1) is 13.8 Å². The van der Waals surface area contributed by atoms with E-state index in [9.17, 15) is 15.0 Å². The zero-order valence-corrected chi connectivity index (χ0v) is 11.8. The second-order valence-electron chi connectivity index (χ2n) is 5.25. The Balaban J connectivity index is 2.76. The largest absolute Gasteiger partial charge is 0.508 e. The third-order valence-electron chi connectivity index (χ3n) is 3.80. The molecule has 0 amide bonds. The molecule has 0 heterocycles. The topological polar surface area (TPSA) is 57.5 Å². The fraction of sp³-hybridized carbons (Fsp3) is 0.235. The molecule has 2 N–H and O–H groups in total. The normalized spacial score (nSPS) is 13.8. The fourth-order valence-electron chi connectivity index (χ4n) is 2.88. The van der Waals surface area contributed by atoms with Gasteiger partial charge in [0, 0.05) is 0 Å². The Morgan fingerprint density at radius 2 is 1.55 bits per heavy atom. The third-order valence-corrected chi connectivity index (χ3v) is 3.80. The maximum Gasteiger partial charge on any atom is 0.318 e. The zero-order chi connectivity index (χ0) is 14.9. The number of phenols is 1. The summed E-state index contributed by atoms with van der Waals surface area (Å²) in [6.07, 6.45) is 0. The van der Waals surface area contributed by atoms with Crippen LogP contribution in [-0.2, 0) is 10.2 Å². The van der Waals surface area contributed by atoms with E-state index in [4.69, 9.17) is 0 Å². The number of carbonyl (C=O) groups is 1. The lowest BCUT2D eigenvalue weighted by Gasteiger charge is -2.29. The molecule has 2 aromatic rings. The van der Waals surface area contributed by atoms with Gasteiger partial charge in [-0.25, -0.2) is 0 Å². The SMILES string of the molecule is Cc1cc(O)cc(C)c1C(C)(C(=O)O)c1ccccc1. The van der Waals surface area contributed by atoms with Gasteiger partial charge in [-0.3, -0.25) is 4.79 Å². The van der Waals surface area contributed by atoms with Crippen LogP contribution >= 0.6 is 0 Å². The molecule has 2 aromatic carbocycles. The Hall–Kier alpha value is -2.29.